The number of nitrogens with one attached hydrogen (secondary N) is 1. The second-order valence-electron chi connectivity index (χ2n) is 5.30. The lowest BCUT2D eigenvalue weighted by atomic mass is 10.1. The van der Waals surface area contributed by atoms with Crippen LogP contribution >= 0.6 is 12.2 Å². The van der Waals surface area contributed by atoms with Gasteiger partial charge in [-0.05, 0) is 61.0 Å². The third kappa shape index (κ3) is 2.51. The molecule has 2 aromatic carbocycles. The van der Waals surface area contributed by atoms with Crippen molar-refractivity contribution < 1.29 is 4.39 Å². The summed E-state index contributed by atoms with van der Waals surface area (Å²) in [6.45, 7) is 3.93. The molecule has 3 rings (SSSR count). The number of halogens is 1. The Balaban J connectivity index is 2.17. The summed E-state index contributed by atoms with van der Waals surface area (Å²) in [4.78, 5) is 3.07. The lowest BCUT2D eigenvalue weighted by molar-refractivity contribution is 0.620. The van der Waals surface area contributed by atoms with Gasteiger partial charge in [0.15, 0.2) is 4.77 Å². The van der Waals surface area contributed by atoms with Gasteiger partial charge in [0.25, 0.3) is 0 Å². The molecule has 1 aromatic heterocycles. The van der Waals surface area contributed by atoms with E-state index in [9.17, 15) is 4.39 Å². The number of aromatic amines is 1. The van der Waals surface area contributed by atoms with Crippen molar-refractivity contribution in [1.82, 2.24) is 9.55 Å². The molecule has 1 N–H and O–H groups in total. The van der Waals surface area contributed by atoms with Gasteiger partial charge in [-0.25, -0.2) is 4.39 Å². The molecule has 0 saturated heterocycles. The van der Waals surface area contributed by atoms with Crippen molar-refractivity contribution in [2.75, 3.05) is 0 Å². The van der Waals surface area contributed by atoms with E-state index in [-0.39, 0.29) is 5.82 Å². The topological polar surface area (TPSA) is 20.7 Å². The molecule has 0 aliphatic rings. The van der Waals surface area contributed by atoms with Gasteiger partial charge in [0.05, 0.1) is 11.0 Å². The van der Waals surface area contributed by atoms with Crippen LogP contribution in [0.2, 0.25) is 0 Å². The Morgan fingerprint density at radius 1 is 1.19 bits per heavy atom. The van der Waals surface area contributed by atoms with E-state index in [1.54, 1.807) is 6.92 Å². The smallest absolute Gasteiger partial charge is 0.182 e. The number of hydrogen-bond acceptors (Lipinski definition) is 1. The van der Waals surface area contributed by atoms with Gasteiger partial charge < -0.3 is 4.98 Å². The molecule has 0 aliphatic heterocycles. The van der Waals surface area contributed by atoms with Crippen LogP contribution in [0.15, 0.2) is 36.4 Å². The second kappa shape index (κ2) is 5.45. The minimum absolute atomic E-state index is 0.218. The number of benzene rings is 2. The molecule has 0 unspecified atom stereocenters. The number of aryl methyl sites for hydroxylation is 2. The van der Waals surface area contributed by atoms with E-state index in [0.29, 0.717) is 10.3 Å². The minimum atomic E-state index is -0.218. The zero-order chi connectivity index (χ0) is 15.0. The first-order valence-electron chi connectivity index (χ1n) is 7.10. The number of imidazole rings is 1. The molecule has 3 aromatic rings. The highest BCUT2D eigenvalue weighted by Crippen LogP contribution is 2.23. The maximum Gasteiger partial charge on any atom is 0.182 e. The second-order valence-corrected chi connectivity index (χ2v) is 5.69. The molecular formula is C17H17FN2S. The number of nitrogens with zero attached hydrogens (tertiary/aromatic N) is 1. The maximum atomic E-state index is 13.7. The van der Waals surface area contributed by atoms with E-state index in [0.717, 1.165) is 29.6 Å². The molecule has 0 aliphatic carbocycles. The van der Waals surface area contributed by atoms with Gasteiger partial charge in [-0.15, -0.1) is 0 Å². The minimum Gasteiger partial charge on any atom is -0.330 e. The number of aromatic nitrogens is 2. The van der Waals surface area contributed by atoms with Crippen LogP contribution in [0.5, 0.6) is 0 Å². The standard InChI is InChI=1S/C17H17FN2S/c1-3-4-12-5-7-13(8-6-12)20-16-9-11(2)14(18)10-15(16)19-17(20)21/h5-10H,3-4H2,1-2H3,(H,19,21). The first-order chi connectivity index (χ1) is 10.1. The normalized spacial score (nSPS) is 11.2. The van der Waals surface area contributed by atoms with Crippen LogP contribution in [-0.4, -0.2) is 9.55 Å². The highest BCUT2D eigenvalue weighted by atomic mass is 32.1. The summed E-state index contributed by atoms with van der Waals surface area (Å²) < 4.78 is 16.2. The fraction of sp³-hybridized carbons (Fsp3) is 0.235. The van der Waals surface area contributed by atoms with Crippen molar-refractivity contribution in [3.05, 3.63) is 58.1 Å². The molecule has 1 heterocycles. The predicted molar refractivity (Wildman–Crippen MR) is 87.1 cm³/mol. The van der Waals surface area contributed by atoms with E-state index in [1.807, 2.05) is 10.6 Å². The van der Waals surface area contributed by atoms with Gasteiger partial charge in [-0.1, -0.05) is 25.5 Å². The van der Waals surface area contributed by atoms with Gasteiger partial charge in [-0.2, -0.15) is 0 Å². The molecule has 0 atom stereocenters. The molecular weight excluding hydrogens is 283 g/mol. The lowest BCUT2D eigenvalue weighted by Gasteiger charge is -2.07. The average molecular weight is 300 g/mol. The third-order valence-corrected chi connectivity index (χ3v) is 3.98. The molecule has 0 radical (unpaired) electrons. The molecule has 0 amide bonds. The highest BCUT2D eigenvalue weighted by molar-refractivity contribution is 7.71. The van der Waals surface area contributed by atoms with E-state index in [1.165, 1.54) is 11.6 Å². The maximum absolute atomic E-state index is 13.7. The summed E-state index contributed by atoms with van der Waals surface area (Å²) in [5.41, 5.74) is 4.56. The Bertz CT molecular complexity index is 844. The zero-order valence-electron chi connectivity index (χ0n) is 12.1. The Labute approximate surface area is 128 Å². The van der Waals surface area contributed by atoms with Crippen molar-refractivity contribution in [3.8, 4) is 5.69 Å². The summed E-state index contributed by atoms with van der Waals surface area (Å²) in [7, 11) is 0. The molecule has 0 saturated carbocycles. The van der Waals surface area contributed by atoms with Gasteiger partial charge in [0, 0.05) is 5.69 Å². The van der Waals surface area contributed by atoms with Crippen molar-refractivity contribution in [2.24, 2.45) is 0 Å². The molecule has 108 valence electrons. The molecule has 4 heteroatoms. The Morgan fingerprint density at radius 3 is 2.57 bits per heavy atom. The van der Waals surface area contributed by atoms with Gasteiger partial charge in [0.1, 0.15) is 5.82 Å². The Morgan fingerprint density at radius 2 is 1.90 bits per heavy atom. The number of hydrogen-bond donors (Lipinski definition) is 1. The molecule has 0 fully saturated rings. The highest BCUT2D eigenvalue weighted by Gasteiger charge is 2.09. The van der Waals surface area contributed by atoms with Crippen LogP contribution in [-0.2, 0) is 6.42 Å². The first kappa shape index (κ1) is 14.0. The Hall–Kier alpha value is -1.94. The van der Waals surface area contributed by atoms with Crippen LogP contribution in [0.1, 0.15) is 24.5 Å². The fourth-order valence-electron chi connectivity index (χ4n) is 2.59. The largest absolute Gasteiger partial charge is 0.330 e. The van der Waals surface area contributed by atoms with Crippen LogP contribution in [0.3, 0.4) is 0 Å². The fourth-order valence-corrected chi connectivity index (χ4v) is 2.90. The van der Waals surface area contributed by atoms with E-state index in [2.05, 4.69) is 36.2 Å². The summed E-state index contributed by atoms with van der Waals surface area (Å²) >= 11 is 5.39. The SMILES string of the molecule is CCCc1ccc(-n2c(=S)[nH]c3cc(F)c(C)cc32)cc1. The van der Waals surface area contributed by atoms with Crippen LogP contribution in [0, 0.1) is 17.5 Å². The quantitative estimate of drug-likeness (QED) is 0.668. The number of rotatable bonds is 3. The molecule has 0 bridgehead atoms. The summed E-state index contributed by atoms with van der Waals surface area (Å²) in [5, 5.41) is 0. The van der Waals surface area contributed by atoms with Crippen LogP contribution in [0.25, 0.3) is 16.7 Å². The van der Waals surface area contributed by atoms with Crippen LogP contribution in [0.4, 0.5) is 4.39 Å². The number of H-pyrrole nitrogens is 1. The van der Waals surface area contributed by atoms with Crippen molar-refractivity contribution >= 4 is 23.3 Å². The molecule has 21 heavy (non-hydrogen) atoms. The van der Waals surface area contributed by atoms with Gasteiger partial charge in [0.2, 0.25) is 0 Å². The molecule has 0 spiro atoms. The summed E-state index contributed by atoms with van der Waals surface area (Å²) in [6.07, 6.45) is 2.20. The van der Waals surface area contributed by atoms with Crippen LogP contribution < -0.4 is 0 Å². The average Bonchev–Trinajstić information content (AvgIpc) is 2.76. The zero-order valence-corrected chi connectivity index (χ0v) is 12.9. The van der Waals surface area contributed by atoms with Gasteiger partial charge >= 0.3 is 0 Å². The summed E-state index contributed by atoms with van der Waals surface area (Å²) in [5.74, 6) is -0.218. The van der Waals surface area contributed by atoms with Crippen molar-refractivity contribution in [3.63, 3.8) is 0 Å². The Kier molecular flexibility index (Phi) is 3.64. The van der Waals surface area contributed by atoms with Crippen molar-refractivity contribution in [2.45, 2.75) is 26.7 Å². The molecule has 2 nitrogen and oxygen atoms in total. The monoisotopic (exact) mass is 300 g/mol. The van der Waals surface area contributed by atoms with Gasteiger partial charge in [-0.3, -0.25) is 4.57 Å². The predicted octanol–water partition coefficient (Wildman–Crippen LogP) is 5.09. The number of fused-ring (bicyclic) bond motifs is 1. The van der Waals surface area contributed by atoms with E-state index in [4.69, 9.17) is 12.2 Å². The third-order valence-electron chi connectivity index (χ3n) is 3.70. The summed E-state index contributed by atoms with van der Waals surface area (Å²) in [6, 6.07) is 11.7. The van der Waals surface area contributed by atoms with E-state index >= 15 is 0 Å². The lowest BCUT2D eigenvalue weighted by Crippen LogP contribution is -1.95. The van der Waals surface area contributed by atoms with Crippen molar-refractivity contribution in [1.29, 1.82) is 0 Å². The van der Waals surface area contributed by atoms with E-state index < -0.39 is 0 Å². The first-order valence-corrected chi connectivity index (χ1v) is 7.51.